The van der Waals surface area contributed by atoms with Gasteiger partial charge in [-0.25, -0.2) is 0 Å². The lowest BCUT2D eigenvalue weighted by Gasteiger charge is -2.56. The van der Waals surface area contributed by atoms with Gasteiger partial charge in [0.05, 0.1) is 0 Å². The third-order valence-corrected chi connectivity index (χ3v) is 8.77. The van der Waals surface area contributed by atoms with Gasteiger partial charge in [0.15, 0.2) is 5.78 Å². The molecule has 0 bridgehead atoms. The van der Waals surface area contributed by atoms with Gasteiger partial charge >= 0.3 is 0 Å². The summed E-state index contributed by atoms with van der Waals surface area (Å²) >= 11 is 0. The monoisotopic (exact) mass is 393 g/mol. The first kappa shape index (κ1) is 18.8. The van der Waals surface area contributed by atoms with Crippen LogP contribution in [0.5, 0.6) is 0 Å². The Morgan fingerprint density at radius 1 is 1.14 bits per heavy atom. The number of ketones is 2. The van der Waals surface area contributed by atoms with Crippen LogP contribution in [0.15, 0.2) is 28.9 Å². The minimum atomic E-state index is -0.967. The van der Waals surface area contributed by atoms with Crippen molar-refractivity contribution >= 4 is 17.5 Å². The molecule has 0 spiro atoms. The van der Waals surface area contributed by atoms with Crippen molar-refractivity contribution in [2.75, 3.05) is 0 Å². The third-order valence-electron chi connectivity index (χ3n) is 8.77. The number of fused-ring (bicyclic) bond motifs is 7. The number of allylic oxidation sites excluding steroid dienone is 4. The highest BCUT2D eigenvalue weighted by atomic mass is 16.2. The Balaban J connectivity index is 1.53. The van der Waals surface area contributed by atoms with Crippen molar-refractivity contribution < 1.29 is 14.4 Å². The zero-order chi connectivity index (χ0) is 20.2. The van der Waals surface area contributed by atoms with Gasteiger partial charge in [-0.2, -0.15) is 0 Å². The van der Waals surface area contributed by atoms with Crippen LogP contribution in [-0.2, 0) is 14.4 Å². The van der Waals surface area contributed by atoms with E-state index in [2.05, 4.69) is 28.3 Å². The van der Waals surface area contributed by atoms with Gasteiger partial charge in [-0.05, 0) is 85.7 Å². The van der Waals surface area contributed by atoms with E-state index in [-0.39, 0.29) is 18.1 Å². The van der Waals surface area contributed by atoms with Crippen LogP contribution in [0.1, 0.15) is 57.8 Å². The lowest BCUT2D eigenvalue weighted by atomic mass is 9.47. The smallest absolute Gasteiger partial charge is 0.225 e. The molecule has 5 aliphatic carbocycles. The fourth-order valence-corrected chi connectivity index (χ4v) is 7.53. The minimum Gasteiger partial charge on any atom is -0.292 e. The van der Waals surface area contributed by atoms with Crippen molar-refractivity contribution in [1.82, 2.24) is 0 Å². The molecule has 3 saturated carbocycles. The van der Waals surface area contributed by atoms with Gasteiger partial charge in [-0.15, -0.1) is 0 Å². The zero-order valence-corrected chi connectivity index (χ0v) is 16.6. The molecule has 0 aromatic carbocycles. The van der Waals surface area contributed by atoms with Crippen LogP contribution in [0.2, 0.25) is 0 Å². The fraction of sp³-hybridized carbons (Fsp3) is 0.696. The highest BCUT2D eigenvalue weighted by Crippen LogP contribution is 2.61. The van der Waals surface area contributed by atoms with E-state index in [4.69, 9.17) is 5.53 Å². The molecule has 5 aliphatic rings. The summed E-state index contributed by atoms with van der Waals surface area (Å²) in [6.45, 7) is 0. The minimum absolute atomic E-state index is 0.0104. The first-order valence-corrected chi connectivity index (χ1v) is 11.1. The molecule has 0 heterocycles. The van der Waals surface area contributed by atoms with E-state index in [9.17, 15) is 14.4 Å². The molecule has 0 aromatic rings. The number of carbonyl (C=O) groups is 3. The molecule has 3 fully saturated rings. The fourth-order valence-electron chi connectivity index (χ4n) is 7.53. The van der Waals surface area contributed by atoms with Crippen molar-refractivity contribution in [1.29, 1.82) is 0 Å². The van der Waals surface area contributed by atoms with Crippen LogP contribution in [0.3, 0.4) is 0 Å². The summed E-state index contributed by atoms with van der Waals surface area (Å²) in [6.07, 6.45) is 14.5. The van der Waals surface area contributed by atoms with E-state index in [1.165, 1.54) is 19.3 Å². The van der Waals surface area contributed by atoms with E-state index in [1.54, 1.807) is 5.57 Å². The second kappa shape index (κ2) is 6.94. The van der Waals surface area contributed by atoms with Crippen LogP contribution >= 0.6 is 0 Å². The van der Waals surface area contributed by atoms with Crippen LogP contribution < -0.4 is 0 Å². The number of hydrogen-bond acceptors (Lipinski definition) is 3. The molecular formula is C23H27N3O3. The summed E-state index contributed by atoms with van der Waals surface area (Å²) in [7, 11) is 0. The quantitative estimate of drug-likeness (QED) is 0.212. The molecule has 6 heteroatoms. The van der Waals surface area contributed by atoms with Crippen LogP contribution in [0.4, 0.5) is 0 Å². The number of amides is 1. The Kier molecular flexibility index (Phi) is 4.50. The summed E-state index contributed by atoms with van der Waals surface area (Å²) in [5.41, 5.74) is 9.42. The van der Waals surface area contributed by atoms with Gasteiger partial charge in [-0.1, -0.05) is 23.8 Å². The number of azide groups is 1. The molecule has 5 rings (SSSR count). The van der Waals surface area contributed by atoms with E-state index in [0.29, 0.717) is 30.6 Å². The highest BCUT2D eigenvalue weighted by molar-refractivity contribution is 6.39. The number of Topliss-reactive ketones (excluding diaryl/α,β-unsaturated/α-hetero) is 2. The number of nitrogens with zero attached hydrogens (tertiary/aromatic N) is 3. The van der Waals surface area contributed by atoms with Crippen molar-refractivity contribution in [3.05, 3.63) is 34.2 Å². The Morgan fingerprint density at radius 3 is 2.83 bits per heavy atom. The summed E-state index contributed by atoms with van der Waals surface area (Å²) < 4.78 is 0. The van der Waals surface area contributed by atoms with E-state index < -0.39 is 23.0 Å². The molecule has 7 unspecified atom stereocenters. The molecule has 0 radical (unpaired) electrons. The second-order valence-corrected chi connectivity index (χ2v) is 9.70. The first-order valence-electron chi connectivity index (χ1n) is 11.1. The topological polar surface area (TPSA) is 100.0 Å². The van der Waals surface area contributed by atoms with Crippen LogP contribution in [0, 0.1) is 40.9 Å². The Bertz CT molecular complexity index is 884. The normalized spacial score (nSPS) is 43.1. The standard InChI is InChI=1S/C23H27N3O3/c24-26-25-22(29)23-11-9-17-16-6-5-13-3-1-2-4-14(13)15(16)7-8-18(17)20(23)21(28)19(27)10-12-23/h2,4,7,13-14,16-18,20H,1,3,5-6,8-12H2. The predicted molar refractivity (Wildman–Crippen MR) is 106 cm³/mol. The lowest BCUT2D eigenvalue weighted by molar-refractivity contribution is -0.160. The van der Waals surface area contributed by atoms with E-state index >= 15 is 0 Å². The van der Waals surface area contributed by atoms with Crippen molar-refractivity contribution in [2.45, 2.75) is 57.8 Å². The number of carbonyl (C=O) groups excluding carboxylic acids is 3. The molecule has 0 aromatic heterocycles. The summed E-state index contributed by atoms with van der Waals surface area (Å²) in [5.74, 6) is 0.194. The Labute approximate surface area is 170 Å². The SMILES string of the molecule is [N-]=[N+]=NC(=O)C12CCC(=O)C(=O)C1C1CC=C3C4C=CCCC4CCC3C1CC2. The first-order chi connectivity index (χ1) is 14.1. The highest BCUT2D eigenvalue weighted by Gasteiger charge is 2.61. The predicted octanol–water partition coefficient (Wildman–Crippen LogP) is 4.71. The number of hydrogen-bond donors (Lipinski definition) is 0. The summed E-state index contributed by atoms with van der Waals surface area (Å²) in [4.78, 5) is 40.9. The van der Waals surface area contributed by atoms with Gasteiger partial charge in [0.25, 0.3) is 0 Å². The molecule has 6 nitrogen and oxygen atoms in total. The Hall–Kier alpha value is -2.20. The van der Waals surface area contributed by atoms with Crippen molar-refractivity contribution in [3.8, 4) is 0 Å². The van der Waals surface area contributed by atoms with Gasteiger partial charge in [0.2, 0.25) is 11.7 Å². The van der Waals surface area contributed by atoms with Gasteiger partial charge in [-0.3, -0.25) is 14.4 Å². The molecule has 7 atom stereocenters. The average Bonchev–Trinajstić information content (AvgIpc) is 2.75. The van der Waals surface area contributed by atoms with E-state index in [1.807, 2.05) is 0 Å². The van der Waals surface area contributed by atoms with E-state index in [0.717, 1.165) is 25.2 Å². The summed E-state index contributed by atoms with van der Waals surface area (Å²) in [5, 5.41) is 3.41. The molecule has 0 aliphatic heterocycles. The molecule has 0 N–H and O–H groups in total. The number of rotatable bonds is 1. The third kappa shape index (κ3) is 2.68. The molecule has 0 saturated heterocycles. The summed E-state index contributed by atoms with van der Waals surface area (Å²) in [6, 6.07) is 0. The van der Waals surface area contributed by atoms with Crippen molar-refractivity contribution in [2.24, 2.45) is 46.0 Å². The van der Waals surface area contributed by atoms with Gasteiger partial charge < -0.3 is 0 Å². The van der Waals surface area contributed by atoms with Gasteiger partial charge in [0, 0.05) is 28.6 Å². The molecule has 29 heavy (non-hydrogen) atoms. The van der Waals surface area contributed by atoms with Crippen LogP contribution in [0.25, 0.3) is 10.4 Å². The van der Waals surface area contributed by atoms with Crippen LogP contribution in [-0.4, -0.2) is 17.5 Å². The molecule has 152 valence electrons. The zero-order valence-electron chi connectivity index (χ0n) is 16.6. The lowest BCUT2D eigenvalue weighted by Crippen LogP contribution is -2.57. The molecular weight excluding hydrogens is 366 g/mol. The maximum absolute atomic E-state index is 13.0. The second-order valence-electron chi connectivity index (χ2n) is 9.70. The van der Waals surface area contributed by atoms with Gasteiger partial charge in [0.1, 0.15) is 0 Å². The Morgan fingerprint density at radius 2 is 2.00 bits per heavy atom. The molecule has 1 amide bonds. The largest absolute Gasteiger partial charge is 0.292 e. The van der Waals surface area contributed by atoms with Crippen molar-refractivity contribution in [3.63, 3.8) is 0 Å². The maximum Gasteiger partial charge on any atom is 0.225 e. The average molecular weight is 393 g/mol. The maximum atomic E-state index is 13.0.